The van der Waals surface area contributed by atoms with E-state index in [9.17, 15) is 8.42 Å². The van der Waals surface area contributed by atoms with Crippen molar-refractivity contribution < 1.29 is 8.42 Å². The summed E-state index contributed by atoms with van der Waals surface area (Å²) in [5.74, 6) is -0.254. The standard InChI is InChI=1S/C16H14ClN3O2S/c1-12-4-2-6-14(10-12)20-9-8-18-16(20)23(21,22)11-13-5-3-7-15(17)19-13/h2-10H,11H2,1H3. The van der Waals surface area contributed by atoms with Crippen molar-refractivity contribution in [2.24, 2.45) is 0 Å². The number of aromatic nitrogens is 3. The molecule has 5 nitrogen and oxygen atoms in total. The number of pyridine rings is 1. The van der Waals surface area contributed by atoms with Crippen LogP contribution in [0, 0.1) is 6.92 Å². The molecule has 0 aliphatic heterocycles. The van der Waals surface area contributed by atoms with Crippen molar-refractivity contribution in [3.05, 3.63) is 71.3 Å². The summed E-state index contributed by atoms with van der Waals surface area (Å²) in [6.07, 6.45) is 3.10. The summed E-state index contributed by atoms with van der Waals surface area (Å²) in [6, 6.07) is 12.5. The molecule has 0 aliphatic rings. The van der Waals surface area contributed by atoms with Gasteiger partial charge in [0.1, 0.15) is 10.9 Å². The number of aryl methyl sites for hydroxylation is 1. The molecule has 3 aromatic rings. The lowest BCUT2D eigenvalue weighted by Crippen LogP contribution is -2.12. The summed E-state index contributed by atoms with van der Waals surface area (Å²) in [6.45, 7) is 1.95. The first-order valence-corrected chi connectivity index (χ1v) is 8.93. The number of hydrogen-bond acceptors (Lipinski definition) is 4. The molecular formula is C16H14ClN3O2S. The van der Waals surface area contributed by atoms with Crippen LogP contribution in [-0.2, 0) is 15.6 Å². The van der Waals surface area contributed by atoms with Gasteiger partial charge in [-0.2, -0.15) is 0 Å². The van der Waals surface area contributed by atoms with Gasteiger partial charge in [0.15, 0.2) is 0 Å². The first-order valence-electron chi connectivity index (χ1n) is 6.90. The fourth-order valence-electron chi connectivity index (χ4n) is 2.28. The lowest BCUT2D eigenvalue weighted by molar-refractivity contribution is 0.582. The zero-order valence-corrected chi connectivity index (χ0v) is 13.9. The summed E-state index contributed by atoms with van der Waals surface area (Å²) in [7, 11) is -3.65. The highest BCUT2D eigenvalue weighted by Gasteiger charge is 2.22. The first-order chi connectivity index (χ1) is 11.0. The van der Waals surface area contributed by atoms with Crippen LogP contribution in [-0.4, -0.2) is 23.0 Å². The van der Waals surface area contributed by atoms with Crippen molar-refractivity contribution in [3.8, 4) is 5.69 Å². The lowest BCUT2D eigenvalue weighted by Gasteiger charge is -2.09. The molecule has 0 aliphatic carbocycles. The highest BCUT2D eigenvalue weighted by molar-refractivity contribution is 7.90. The Hall–Kier alpha value is -2.18. The maximum Gasteiger partial charge on any atom is 0.232 e. The highest BCUT2D eigenvalue weighted by atomic mass is 35.5. The summed E-state index contributed by atoms with van der Waals surface area (Å²) in [4.78, 5) is 8.06. The molecular weight excluding hydrogens is 334 g/mol. The van der Waals surface area contributed by atoms with E-state index >= 15 is 0 Å². The molecule has 0 saturated heterocycles. The van der Waals surface area contributed by atoms with E-state index < -0.39 is 9.84 Å². The van der Waals surface area contributed by atoms with Crippen molar-refractivity contribution >= 4 is 21.4 Å². The molecule has 0 unspecified atom stereocenters. The smallest absolute Gasteiger partial charge is 0.232 e. The molecule has 2 aromatic heterocycles. The first kappa shape index (κ1) is 15.7. The molecule has 0 spiro atoms. The van der Waals surface area contributed by atoms with E-state index in [2.05, 4.69) is 9.97 Å². The van der Waals surface area contributed by atoms with Crippen LogP contribution in [0.15, 0.2) is 60.0 Å². The topological polar surface area (TPSA) is 64.8 Å². The van der Waals surface area contributed by atoms with Crippen molar-refractivity contribution in [1.82, 2.24) is 14.5 Å². The third kappa shape index (κ3) is 3.43. The van der Waals surface area contributed by atoms with Crippen LogP contribution in [0.4, 0.5) is 0 Å². The Balaban J connectivity index is 2.00. The van der Waals surface area contributed by atoms with Gasteiger partial charge in [-0.1, -0.05) is 29.8 Å². The van der Waals surface area contributed by atoms with E-state index in [0.29, 0.717) is 5.69 Å². The zero-order chi connectivity index (χ0) is 16.4. The van der Waals surface area contributed by atoms with Crippen molar-refractivity contribution in [3.63, 3.8) is 0 Å². The van der Waals surface area contributed by atoms with Crippen LogP contribution in [0.3, 0.4) is 0 Å². The maximum absolute atomic E-state index is 12.7. The Morgan fingerprint density at radius 3 is 2.70 bits per heavy atom. The van der Waals surface area contributed by atoms with Gasteiger partial charge < -0.3 is 0 Å². The fraction of sp³-hybridized carbons (Fsp3) is 0.125. The number of imidazole rings is 1. The molecule has 0 bridgehead atoms. The van der Waals surface area contributed by atoms with Crippen molar-refractivity contribution in [2.45, 2.75) is 17.8 Å². The van der Waals surface area contributed by atoms with Gasteiger partial charge in [-0.25, -0.2) is 18.4 Å². The van der Waals surface area contributed by atoms with Crippen LogP contribution < -0.4 is 0 Å². The van der Waals surface area contributed by atoms with Crippen LogP contribution in [0.5, 0.6) is 0 Å². The van der Waals surface area contributed by atoms with Crippen LogP contribution in [0.1, 0.15) is 11.3 Å². The predicted molar refractivity (Wildman–Crippen MR) is 88.4 cm³/mol. The van der Waals surface area contributed by atoms with Gasteiger partial charge in [0.05, 0.1) is 5.69 Å². The fourth-order valence-corrected chi connectivity index (χ4v) is 3.83. The number of sulfone groups is 1. The Labute approximate surface area is 139 Å². The molecule has 0 fully saturated rings. The third-order valence-corrected chi connectivity index (χ3v) is 5.02. The van der Waals surface area contributed by atoms with Gasteiger partial charge in [-0.15, -0.1) is 0 Å². The number of halogens is 1. The maximum atomic E-state index is 12.7. The Morgan fingerprint density at radius 1 is 1.17 bits per heavy atom. The number of rotatable bonds is 4. The second-order valence-corrected chi connectivity index (χ2v) is 7.40. The van der Waals surface area contributed by atoms with Crippen LogP contribution in [0.25, 0.3) is 5.69 Å². The molecule has 0 saturated carbocycles. The minimum atomic E-state index is -3.65. The molecule has 0 atom stereocenters. The highest BCUT2D eigenvalue weighted by Crippen LogP contribution is 2.19. The van der Waals surface area contributed by atoms with E-state index in [-0.39, 0.29) is 16.1 Å². The number of benzene rings is 1. The molecule has 118 valence electrons. The zero-order valence-electron chi connectivity index (χ0n) is 12.3. The van der Waals surface area contributed by atoms with Gasteiger partial charge >= 0.3 is 0 Å². The Bertz CT molecular complexity index is 951. The normalized spacial score (nSPS) is 11.6. The average Bonchev–Trinajstić information content (AvgIpc) is 2.97. The number of hydrogen-bond donors (Lipinski definition) is 0. The van der Waals surface area contributed by atoms with Crippen molar-refractivity contribution in [1.29, 1.82) is 0 Å². The number of nitrogens with zero attached hydrogens (tertiary/aromatic N) is 3. The van der Waals surface area contributed by atoms with Gasteiger partial charge in [0.2, 0.25) is 15.0 Å². The molecule has 0 radical (unpaired) electrons. The molecule has 7 heteroatoms. The van der Waals surface area contributed by atoms with E-state index in [1.807, 2.05) is 31.2 Å². The monoisotopic (exact) mass is 347 g/mol. The van der Waals surface area contributed by atoms with E-state index in [0.717, 1.165) is 11.3 Å². The molecule has 2 heterocycles. The minimum absolute atomic E-state index is 0.00937. The van der Waals surface area contributed by atoms with Crippen molar-refractivity contribution in [2.75, 3.05) is 0 Å². The van der Waals surface area contributed by atoms with Gasteiger partial charge in [0.25, 0.3) is 0 Å². The quantitative estimate of drug-likeness (QED) is 0.680. The molecule has 23 heavy (non-hydrogen) atoms. The summed E-state index contributed by atoms with van der Waals surface area (Å²) < 4.78 is 26.9. The van der Waals surface area contributed by atoms with Gasteiger partial charge in [-0.3, -0.25) is 4.57 Å². The predicted octanol–water partition coefficient (Wildman–Crippen LogP) is 3.20. The van der Waals surface area contributed by atoms with Crippen LogP contribution in [0.2, 0.25) is 5.15 Å². The molecule has 0 amide bonds. The van der Waals surface area contributed by atoms with Gasteiger partial charge in [-0.05, 0) is 36.8 Å². The van der Waals surface area contributed by atoms with E-state index in [4.69, 9.17) is 11.6 Å². The average molecular weight is 348 g/mol. The SMILES string of the molecule is Cc1cccc(-n2ccnc2S(=O)(=O)Cc2cccc(Cl)n2)c1. The molecule has 0 N–H and O–H groups in total. The Kier molecular flexibility index (Phi) is 4.19. The summed E-state index contributed by atoms with van der Waals surface area (Å²) in [5, 5.41) is 0.254. The second-order valence-electron chi connectivity index (χ2n) is 5.13. The lowest BCUT2D eigenvalue weighted by atomic mass is 10.2. The third-order valence-electron chi connectivity index (χ3n) is 3.28. The largest absolute Gasteiger partial charge is 0.291 e. The van der Waals surface area contributed by atoms with E-state index in [1.165, 1.54) is 6.20 Å². The van der Waals surface area contributed by atoms with E-state index in [1.54, 1.807) is 29.0 Å². The molecule has 3 rings (SSSR count). The summed E-state index contributed by atoms with van der Waals surface area (Å²) in [5.41, 5.74) is 2.17. The second kappa shape index (κ2) is 6.14. The van der Waals surface area contributed by atoms with Gasteiger partial charge in [0, 0.05) is 18.1 Å². The van der Waals surface area contributed by atoms with Crippen LogP contribution >= 0.6 is 11.6 Å². The molecule has 1 aromatic carbocycles. The Morgan fingerprint density at radius 2 is 1.96 bits per heavy atom. The minimum Gasteiger partial charge on any atom is -0.291 e. The summed E-state index contributed by atoms with van der Waals surface area (Å²) >= 11 is 5.82.